The Morgan fingerprint density at radius 1 is 1.03 bits per heavy atom. The third-order valence-electron chi connectivity index (χ3n) is 4.78. The van der Waals surface area contributed by atoms with Crippen LogP contribution in [0.1, 0.15) is 11.1 Å². The highest BCUT2D eigenvalue weighted by molar-refractivity contribution is 7.22. The van der Waals surface area contributed by atoms with Gasteiger partial charge in [0.05, 0.1) is 10.4 Å². The number of halogens is 4. The molecule has 0 aliphatic heterocycles. The number of rotatable bonds is 6. The summed E-state index contributed by atoms with van der Waals surface area (Å²) in [5, 5.41) is 12.0. The predicted octanol–water partition coefficient (Wildman–Crippen LogP) is 8.01. The number of carboxylic acid groups (broad SMARTS) is 1. The lowest BCUT2D eigenvalue weighted by Gasteiger charge is -2.14. The average Bonchev–Trinajstić information content (AvgIpc) is 3.15. The van der Waals surface area contributed by atoms with Crippen molar-refractivity contribution in [1.29, 1.82) is 0 Å². The molecule has 34 heavy (non-hydrogen) atoms. The van der Waals surface area contributed by atoms with Gasteiger partial charge < -0.3 is 9.84 Å². The van der Waals surface area contributed by atoms with E-state index in [4.69, 9.17) is 9.84 Å². The SMILES string of the molecule is O=Nc1ccc2c(Oc3ccc(/C=C/C(=O)O)cc3)c(-c3ccc(F)cc3C(F)(F)F)sc2c1. The summed E-state index contributed by atoms with van der Waals surface area (Å²) in [6.45, 7) is 0. The first-order chi connectivity index (χ1) is 16.2. The monoisotopic (exact) mass is 487 g/mol. The third kappa shape index (κ3) is 4.81. The molecule has 3 aromatic carbocycles. The molecular formula is C24H13F4NO4S. The van der Waals surface area contributed by atoms with Gasteiger partial charge in [0.2, 0.25) is 0 Å². The minimum atomic E-state index is -4.82. The zero-order valence-corrected chi connectivity index (χ0v) is 17.8. The Bertz CT molecular complexity index is 1430. The molecule has 0 saturated carbocycles. The zero-order chi connectivity index (χ0) is 24.5. The number of nitrogens with zero attached hydrogens (tertiary/aromatic N) is 1. The van der Waals surface area contributed by atoms with Gasteiger partial charge in [0.25, 0.3) is 0 Å². The van der Waals surface area contributed by atoms with Crippen LogP contribution in [0.2, 0.25) is 0 Å². The van der Waals surface area contributed by atoms with Crippen LogP contribution in [-0.2, 0) is 11.0 Å². The smallest absolute Gasteiger partial charge is 0.417 e. The molecule has 10 heteroatoms. The number of hydrogen-bond acceptors (Lipinski definition) is 5. The van der Waals surface area contributed by atoms with Crippen molar-refractivity contribution < 1.29 is 32.2 Å². The molecule has 1 aromatic heterocycles. The molecule has 4 aromatic rings. The van der Waals surface area contributed by atoms with E-state index in [-0.39, 0.29) is 27.6 Å². The fourth-order valence-electron chi connectivity index (χ4n) is 3.28. The summed E-state index contributed by atoms with van der Waals surface area (Å²) in [4.78, 5) is 21.7. The van der Waals surface area contributed by atoms with Crippen LogP contribution in [0.3, 0.4) is 0 Å². The Morgan fingerprint density at radius 3 is 2.41 bits per heavy atom. The Labute approximate surface area is 193 Å². The molecule has 4 rings (SSSR count). The van der Waals surface area contributed by atoms with E-state index in [9.17, 15) is 27.3 Å². The Morgan fingerprint density at radius 2 is 1.76 bits per heavy atom. The van der Waals surface area contributed by atoms with E-state index >= 15 is 0 Å². The van der Waals surface area contributed by atoms with Gasteiger partial charge in [0, 0.05) is 21.7 Å². The van der Waals surface area contributed by atoms with Crippen LogP contribution in [0, 0.1) is 10.7 Å². The average molecular weight is 487 g/mol. The van der Waals surface area contributed by atoms with Gasteiger partial charge in [-0.1, -0.05) is 12.1 Å². The lowest BCUT2D eigenvalue weighted by molar-refractivity contribution is -0.137. The Balaban J connectivity index is 1.86. The van der Waals surface area contributed by atoms with Crippen molar-refractivity contribution in [1.82, 2.24) is 0 Å². The molecule has 172 valence electrons. The first-order valence-corrected chi connectivity index (χ1v) is 10.4. The van der Waals surface area contributed by atoms with Crippen LogP contribution in [0.5, 0.6) is 11.5 Å². The number of hydrogen-bond donors (Lipinski definition) is 1. The normalized spacial score (nSPS) is 11.8. The fraction of sp³-hybridized carbons (Fsp3) is 0.0417. The van der Waals surface area contributed by atoms with E-state index in [1.807, 2.05) is 0 Å². The highest BCUT2D eigenvalue weighted by Crippen LogP contribution is 2.50. The van der Waals surface area contributed by atoms with E-state index in [0.717, 1.165) is 29.5 Å². The standard InChI is InChI=1S/C24H13F4NO4S/c25-14-4-8-17(19(11-14)24(26,27)28)23-22(18-9-5-15(29-32)12-20(18)34-23)33-16-6-1-13(2-7-16)3-10-21(30)31/h1-12H,(H,30,31)/b10-3+. The molecule has 1 heterocycles. The van der Waals surface area contributed by atoms with Crippen LogP contribution >= 0.6 is 11.3 Å². The van der Waals surface area contributed by atoms with Crippen molar-refractivity contribution in [3.63, 3.8) is 0 Å². The van der Waals surface area contributed by atoms with Crippen LogP contribution < -0.4 is 4.74 Å². The zero-order valence-electron chi connectivity index (χ0n) is 17.0. The van der Waals surface area contributed by atoms with Crippen LogP contribution in [0.15, 0.2) is 71.9 Å². The Kier molecular flexibility index (Phi) is 6.16. The topological polar surface area (TPSA) is 76.0 Å². The third-order valence-corrected chi connectivity index (χ3v) is 5.95. The number of nitroso groups, excluding NO2 is 1. The molecule has 0 spiro atoms. The molecule has 0 aliphatic carbocycles. The molecule has 0 amide bonds. The molecule has 0 radical (unpaired) electrons. The highest BCUT2D eigenvalue weighted by Gasteiger charge is 2.35. The second-order valence-electron chi connectivity index (χ2n) is 7.06. The van der Waals surface area contributed by atoms with Gasteiger partial charge in [-0.25, -0.2) is 9.18 Å². The van der Waals surface area contributed by atoms with E-state index < -0.39 is 23.5 Å². The largest absolute Gasteiger partial charge is 0.478 e. The van der Waals surface area contributed by atoms with Crippen molar-refractivity contribution in [3.8, 4) is 21.9 Å². The molecule has 0 saturated heterocycles. The number of aliphatic carboxylic acids is 1. The number of thiophene rings is 1. The van der Waals surface area contributed by atoms with Gasteiger partial charge in [0.1, 0.15) is 17.3 Å². The summed E-state index contributed by atoms with van der Waals surface area (Å²) in [7, 11) is 0. The van der Waals surface area contributed by atoms with E-state index in [1.54, 1.807) is 12.1 Å². The lowest BCUT2D eigenvalue weighted by atomic mass is 10.0. The molecule has 5 nitrogen and oxygen atoms in total. The second-order valence-corrected chi connectivity index (χ2v) is 8.11. The summed E-state index contributed by atoms with van der Waals surface area (Å²) in [6.07, 6.45) is -2.48. The van der Waals surface area contributed by atoms with Crippen molar-refractivity contribution in [2.24, 2.45) is 5.18 Å². The van der Waals surface area contributed by atoms with Crippen molar-refractivity contribution in [2.45, 2.75) is 6.18 Å². The van der Waals surface area contributed by atoms with Gasteiger partial charge in [-0.3, -0.25) is 0 Å². The lowest BCUT2D eigenvalue weighted by Crippen LogP contribution is -2.07. The van der Waals surface area contributed by atoms with E-state index in [0.29, 0.717) is 21.7 Å². The number of fused-ring (bicyclic) bond motifs is 1. The van der Waals surface area contributed by atoms with Crippen LogP contribution in [0.25, 0.3) is 26.6 Å². The minimum Gasteiger partial charge on any atom is -0.478 e. The van der Waals surface area contributed by atoms with Gasteiger partial charge in [-0.2, -0.15) is 13.2 Å². The van der Waals surface area contributed by atoms with Crippen molar-refractivity contribution >= 4 is 39.2 Å². The molecule has 1 N–H and O–H groups in total. The molecule has 0 unspecified atom stereocenters. The first kappa shape index (κ1) is 23.1. The molecule has 0 bridgehead atoms. The molecule has 0 aliphatic rings. The van der Waals surface area contributed by atoms with Crippen molar-refractivity contribution in [2.75, 3.05) is 0 Å². The molecule has 0 atom stereocenters. The summed E-state index contributed by atoms with van der Waals surface area (Å²) >= 11 is 0.954. The number of alkyl halides is 3. The number of carboxylic acids is 1. The Hall–Kier alpha value is -4.05. The maximum Gasteiger partial charge on any atom is 0.417 e. The summed E-state index contributed by atoms with van der Waals surface area (Å²) in [5.41, 5.74) is -0.764. The van der Waals surface area contributed by atoms with Crippen LogP contribution in [-0.4, -0.2) is 11.1 Å². The first-order valence-electron chi connectivity index (χ1n) is 9.61. The molecule has 0 fully saturated rings. The van der Waals surface area contributed by atoms with Crippen LogP contribution in [0.4, 0.5) is 23.2 Å². The summed E-state index contributed by atoms with van der Waals surface area (Å²) < 4.78 is 61.2. The second kappa shape index (κ2) is 9.06. The summed E-state index contributed by atoms with van der Waals surface area (Å²) in [6, 6.07) is 13.0. The number of carbonyl (C=O) groups is 1. The van der Waals surface area contributed by atoms with Gasteiger partial charge in [-0.05, 0) is 65.3 Å². The van der Waals surface area contributed by atoms with E-state index in [2.05, 4.69) is 5.18 Å². The fourth-order valence-corrected chi connectivity index (χ4v) is 4.48. The minimum absolute atomic E-state index is 0.0940. The maximum absolute atomic E-state index is 13.7. The summed E-state index contributed by atoms with van der Waals surface area (Å²) in [5.74, 6) is -1.76. The van der Waals surface area contributed by atoms with E-state index in [1.165, 1.54) is 36.4 Å². The quantitative estimate of drug-likeness (QED) is 0.170. The number of ether oxygens (including phenoxy) is 1. The van der Waals surface area contributed by atoms with Gasteiger partial charge >= 0.3 is 12.1 Å². The van der Waals surface area contributed by atoms with Gasteiger partial charge in [0.15, 0.2) is 5.75 Å². The number of benzene rings is 3. The predicted molar refractivity (Wildman–Crippen MR) is 121 cm³/mol. The van der Waals surface area contributed by atoms with Gasteiger partial charge in [-0.15, -0.1) is 16.2 Å². The highest BCUT2D eigenvalue weighted by atomic mass is 32.1. The maximum atomic E-state index is 13.7. The van der Waals surface area contributed by atoms with Crippen molar-refractivity contribution in [3.05, 3.63) is 88.6 Å². The molecular weight excluding hydrogens is 474 g/mol.